The predicted octanol–water partition coefficient (Wildman–Crippen LogP) is 0.477. The molecule has 4 heteroatoms. The van der Waals surface area contributed by atoms with Crippen LogP contribution < -0.4 is 0 Å². The molecule has 3 nitrogen and oxygen atoms in total. The Hall–Kier alpha value is -0.250. The number of hydrogen-bond acceptors (Lipinski definition) is 3. The molecule has 0 fully saturated rings. The molecule has 0 heterocycles. The minimum atomic E-state index is -0.295. The summed E-state index contributed by atoms with van der Waals surface area (Å²) in [5.74, 6) is 0. The highest BCUT2D eigenvalue weighted by molar-refractivity contribution is 7.90. The quantitative estimate of drug-likeness (QED) is 0.293. The second-order valence-corrected chi connectivity index (χ2v) is 2.52. The first-order valence-electron chi connectivity index (χ1n) is 1.35. The normalized spacial score (nSPS) is 8.50. The Balaban J connectivity index is 2.81. The highest BCUT2D eigenvalue weighted by Crippen LogP contribution is 1.84. The maximum Gasteiger partial charge on any atom is 0.226 e. The Morgan fingerprint density at radius 3 is 2.17 bits per heavy atom. The van der Waals surface area contributed by atoms with Gasteiger partial charge in [-0.1, -0.05) is 0 Å². The molecule has 0 amide bonds. The molecule has 0 radical (unpaired) electrons. The van der Waals surface area contributed by atoms with Crippen molar-refractivity contribution in [3.8, 4) is 0 Å². The van der Waals surface area contributed by atoms with Gasteiger partial charge in [-0.25, -0.2) is 0 Å². The van der Waals surface area contributed by atoms with E-state index in [1.807, 2.05) is 0 Å². The van der Waals surface area contributed by atoms with Gasteiger partial charge in [0.05, 0.1) is 0 Å². The van der Waals surface area contributed by atoms with E-state index in [9.17, 15) is 0 Å². The van der Waals surface area contributed by atoms with Crippen LogP contribution in [0.5, 0.6) is 0 Å². The largest absolute Gasteiger partial charge is 0.226 e. The van der Waals surface area contributed by atoms with E-state index in [2.05, 4.69) is 9.62 Å². The third-order valence-corrected chi connectivity index (χ3v) is 0.539. The lowest BCUT2D eigenvalue weighted by Crippen LogP contribution is -1.92. The van der Waals surface area contributed by atoms with Gasteiger partial charge in [-0.3, -0.25) is 0 Å². The van der Waals surface area contributed by atoms with Crippen LogP contribution in [0.15, 0.2) is 5.34 Å². The molecule has 6 heavy (non-hydrogen) atoms. The summed E-state index contributed by atoms with van der Waals surface area (Å²) in [6.45, 7) is 0. The molecule has 0 aliphatic rings. The van der Waals surface area contributed by atoms with Crippen LogP contribution in [0.25, 0.3) is 0 Å². The Kier molecular flexibility index (Phi) is 2.84. The smallest absolute Gasteiger partial charge is 0.135 e. The van der Waals surface area contributed by atoms with E-state index in [1.165, 1.54) is 0 Å². The van der Waals surface area contributed by atoms with E-state index in [1.54, 1.807) is 12.5 Å². The van der Waals surface area contributed by atoms with Crippen LogP contribution in [0, 0.1) is 4.91 Å². The van der Waals surface area contributed by atoms with Crippen molar-refractivity contribution in [1.82, 2.24) is 0 Å². The summed E-state index contributed by atoms with van der Waals surface area (Å²) >= 11 is -0.295. The fourth-order valence-electron chi connectivity index (χ4n) is 0.0609. The highest BCUT2D eigenvalue weighted by Gasteiger charge is 1.99. The summed E-state index contributed by atoms with van der Waals surface area (Å²) in [7, 11) is 0. The topological polar surface area (TPSA) is 38.7 Å². The van der Waals surface area contributed by atoms with Gasteiger partial charge in [0.15, 0.2) is 0 Å². The second kappa shape index (κ2) is 2.96. The van der Waals surface area contributed by atoms with Gasteiger partial charge in [-0.15, -0.1) is 9.19 Å². The van der Waals surface area contributed by atoms with Crippen LogP contribution in [0.1, 0.15) is 0 Å². The Labute approximate surface area is 39.2 Å². The van der Waals surface area contributed by atoms with Crippen molar-refractivity contribution in [2.75, 3.05) is 12.5 Å². The first-order chi connectivity index (χ1) is 2.77. The monoisotopic (exact) mass is 108 g/mol. The molecule has 0 atom stereocenters. The third kappa shape index (κ3) is 3.75. The molecular formula is C2H6NO2S+. The molecular weight excluding hydrogens is 102 g/mol. The summed E-state index contributed by atoms with van der Waals surface area (Å²) in [5.41, 5.74) is 0. The molecule has 0 saturated carbocycles. The van der Waals surface area contributed by atoms with Gasteiger partial charge in [0, 0.05) is 0 Å². The maximum absolute atomic E-state index is 9.15. The molecule has 0 aromatic carbocycles. The van der Waals surface area contributed by atoms with Crippen molar-refractivity contribution < 1.29 is 4.28 Å². The number of rotatable bonds is 2. The van der Waals surface area contributed by atoms with Gasteiger partial charge in [0.2, 0.25) is 16.5 Å². The van der Waals surface area contributed by atoms with Crippen molar-refractivity contribution >= 4 is 11.2 Å². The van der Waals surface area contributed by atoms with Crippen molar-refractivity contribution in [3.63, 3.8) is 0 Å². The van der Waals surface area contributed by atoms with Crippen molar-refractivity contribution in [2.24, 2.45) is 5.34 Å². The molecule has 0 aliphatic carbocycles. The standard InChI is InChI=1S/C2H6NO2S/c1-6(2)5-3-4/h1-2H3/q+1. The zero-order valence-electron chi connectivity index (χ0n) is 3.67. The fraction of sp³-hybridized carbons (Fsp3) is 1.00. The molecule has 0 aliphatic heterocycles. The van der Waals surface area contributed by atoms with E-state index in [4.69, 9.17) is 4.91 Å². The lowest BCUT2D eigenvalue weighted by atomic mass is 11.9. The van der Waals surface area contributed by atoms with E-state index in [0.29, 0.717) is 0 Å². The molecule has 0 N–H and O–H groups in total. The molecule has 0 bridgehead atoms. The minimum absolute atomic E-state index is 0.295. The predicted molar refractivity (Wildman–Crippen MR) is 26.1 cm³/mol. The van der Waals surface area contributed by atoms with Crippen LogP contribution in [-0.2, 0) is 15.5 Å². The van der Waals surface area contributed by atoms with Crippen molar-refractivity contribution in [3.05, 3.63) is 4.91 Å². The van der Waals surface area contributed by atoms with Crippen LogP contribution in [0.3, 0.4) is 0 Å². The van der Waals surface area contributed by atoms with Crippen LogP contribution in [-0.4, -0.2) is 12.5 Å². The van der Waals surface area contributed by atoms with E-state index < -0.39 is 0 Å². The summed E-state index contributed by atoms with van der Waals surface area (Å²) < 4.78 is 4.14. The molecule has 0 aromatic heterocycles. The van der Waals surface area contributed by atoms with Crippen LogP contribution in [0.2, 0.25) is 0 Å². The van der Waals surface area contributed by atoms with Gasteiger partial charge in [-0.2, -0.15) is 0 Å². The second-order valence-electron chi connectivity index (χ2n) is 0.891. The Morgan fingerprint density at radius 2 is 2.17 bits per heavy atom. The van der Waals surface area contributed by atoms with Crippen LogP contribution in [0.4, 0.5) is 0 Å². The first-order valence-corrected chi connectivity index (χ1v) is 3.31. The molecule has 36 valence electrons. The zero-order valence-corrected chi connectivity index (χ0v) is 4.49. The van der Waals surface area contributed by atoms with Gasteiger partial charge >= 0.3 is 0 Å². The molecule has 0 saturated heterocycles. The summed E-state index contributed by atoms with van der Waals surface area (Å²) in [6.07, 6.45) is 3.53. The average molecular weight is 108 g/mol. The summed E-state index contributed by atoms with van der Waals surface area (Å²) in [4.78, 5) is 9.15. The van der Waals surface area contributed by atoms with Gasteiger partial charge in [0.1, 0.15) is 12.5 Å². The van der Waals surface area contributed by atoms with E-state index in [0.717, 1.165) is 0 Å². The molecule has 0 rings (SSSR count). The Morgan fingerprint density at radius 1 is 1.67 bits per heavy atom. The average Bonchev–Trinajstić information content (AvgIpc) is 1.35. The molecule has 0 unspecified atom stereocenters. The summed E-state index contributed by atoms with van der Waals surface area (Å²) in [5, 5.41) is 2.20. The van der Waals surface area contributed by atoms with Crippen molar-refractivity contribution in [2.45, 2.75) is 0 Å². The van der Waals surface area contributed by atoms with Gasteiger partial charge < -0.3 is 0 Å². The third-order valence-electron chi connectivity index (χ3n) is 0.180. The lowest BCUT2D eigenvalue weighted by Gasteiger charge is -1.77. The van der Waals surface area contributed by atoms with Crippen molar-refractivity contribution in [1.29, 1.82) is 0 Å². The Bertz CT molecular complexity index is 46.8. The van der Waals surface area contributed by atoms with Gasteiger partial charge in [-0.05, 0) is 0 Å². The zero-order chi connectivity index (χ0) is 4.99. The SMILES string of the molecule is C[S+](C)ON=O. The maximum atomic E-state index is 9.15. The minimum Gasteiger partial charge on any atom is -0.135 e. The van der Waals surface area contributed by atoms with E-state index >= 15 is 0 Å². The van der Waals surface area contributed by atoms with E-state index in [-0.39, 0.29) is 11.2 Å². The first kappa shape index (κ1) is 5.75. The lowest BCUT2D eigenvalue weighted by molar-refractivity contribution is 0.388. The molecule has 0 aromatic rings. The van der Waals surface area contributed by atoms with Crippen LogP contribution >= 0.6 is 0 Å². The number of nitrogens with zero attached hydrogens (tertiary/aromatic N) is 1. The molecule has 0 spiro atoms. The van der Waals surface area contributed by atoms with Gasteiger partial charge in [0.25, 0.3) is 0 Å². The fourth-order valence-corrected chi connectivity index (χ4v) is 0.183. The highest BCUT2D eigenvalue weighted by atomic mass is 32.2. The summed E-state index contributed by atoms with van der Waals surface area (Å²) in [6, 6.07) is 0. The number of hydrogen-bond donors (Lipinski definition) is 0.